The summed E-state index contributed by atoms with van der Waals surface area (Å²) in [6, 6.07) is 0. The lowest BCUT2D eigenvalue weighted by Crippen LogP contribution is -2.36. The topological polar surface area (TPSA) is 47.8 Å². The molecule has 2 aliphatic heterocycles. The summed E-state index contributed by atoms with van der Waals surface area (Å²) in [4.78, 5) is 7.66. The molecule has 2 saturated heterocycles. The maximum atomic E-state index is 10.0. The van der Waals surface area contributed by atoms with Crippen molar-refractivity contribution in [3.05, 3.63) is 17.5 Å². The van der Waals surface area contributed by atoms with E-state index >= 15 is 0 Å². The molecule has 1 N–H and O–H groups in total. The molecule has 4 rings (SSSR count). The first kappa shape index (κ1) is 21.3. The summed E-state index contributed by atoms with van der Waals surface area (Å²) < 4.78 is 2.02. The van der Waals surface area contributed by atoms with Crippen LogP contribution in [0.2, 0.25) is 0 Å². The molecule has 2 unspecified atom stereocenters. The average molecular weight is 404 g/mol. The highest BCUT2D eigenvalue weighted by atomic mass is 16.3. The molecular weight excluding hydrogens is 362 g/mol. The van der Waals surface area contributed by atoms with Crippen LogP contribution in [-0.4, -0.2) is 89.1 Å². The maximum absolute atomic E-state index is 10.0. The van der Waals surface area contributed by atoms with Gasteiger partial charge in [-0.1, -0.05) is 19.3 Å². The molecule has 29 heavy (non-hydrogen) atoms. The van der Waals surface area contributed by atoms with Crippen LogP contribution in [0.25, 0.3) is 0 Å². The number of aryl methyl sites for hydroxylation is 1. The quantitative estimate of drug-likeness (QED) is 0.789. The number of nitrogens with zero attached hydrogens (tertiary/aromatic N) is 5. The van der Waals surface area contributed by atoms with Gasteiger partial charge in [0.15, 0.2) is 0 Å². The minimum Gasteiger partial charge on any atom is -0.396 e. The maximum Gasteiger partial charge on any atom is 0.0700 e. The minimum atomic E-state index is 0.317. The molecule has 0 spiro atoms. The number of aliphatic hydroxyl groups is 1. The van der Waals surface area contributed by atoms with Crippen LogP contribution >= 0.6 is 0 Å². The van der Waals surface area contributed by atoms with E-state index in [9.17, 15) is 5.11 Å². The van der Waals surface area contributed by atoms with E-state index in [1.165, 1.54) is 76.0 Å². The molecule has 0 amide bonds. The summed E-state index contributed by atoms with van der Waals surface area (Å²) in [7, 11) is 4.30. The van der Waals surface area contributed by atoms with Gasteiger partial charge >= 0.3 is 0 Å². The number of aliphatic hydroxyl groups excluding tert-OH is 1. The average Bonchev–Trinajstić information content (AvgIpc) is 3.21. The molecular formula is C23H41N5O. The van der Waals surface area contributed by atoms with E-state index < -0.39 is 0 Å². The van der Waals surface area contributed by atoms with Crippen molar-refractivity contribution in [3.63, 3.8) is 0 Å². The van der Waals surface area contributed by atoms with Crippen molar-refractivity contribution in [2.24, 2.45) is 18.9 Å². The predicted molar refractivity (Wildman–Crippen MR) is 117 cm³/mol. The first-order valence-corrected chi connectivity index (χ1v) is 11.9. The number of likely N-dealkylation sites (tertiary alicyclic amines) is 1. The van der Waals surface area contributed by atoms with Crippen molar-refractivity contribution < 1.29 is 5.11 Å². The number of likely N-dealkylation sites (N-methyl/N-ethyl adjacent to an activating group) is 1. The minimum absolute atomic E-state index is 0.317. The van der Waals surface area contributed by atoms with Crippen molar-refractivity contribution >= 4 is 0 Å². The van der Waals surface area contributed by atoms with Gasteiger partial charge in [-0.3, -0.25) is 9.58 Å². The van der Waals surface area contributed by atoms with E-state index in [2.05, 4.69) is 35.0 Å². The largest absolute Gasteiger partial charge is 0.396 e. The molecule has 6 nitrogen and oxygen atoms in total. The Kier molecular flexibility index (Phi) is 7.27. The highest BCUT2D eigenvalue weighted by Crippen LogP contribution is 2.35. The molecule has 1 aromatic rings. The Labute approximate surface area is 176 Å². The van der Waals surface area contributed by atoms with E-state index in [1.807, 2.05) is 4.68 Å². The van der Waals surface area contributed by atoms with Crippen LogP contribution in [0.5, 0.6) is 0 Å². The Morgan fingerprint density at radius 2 is 1.72 bits per heavy atom. The van der Waals surface area contributed by atoms with Crippen LogP contribution in [0.4, 0.5) is 0 Å². The normalized spacial score (nSPS) is 28.8. The van der Waals surface area contributed by atoms with E-state index in [1.54, 1.807) is 0 Å². The highest BCUT2D eigenvalue weighted by molar-refractivity contribution is 5.22. The van der Waals surface area contributed by atoms with Crippen molar-refractivity contribution in [2.75, 3.05) is 59.5 Å². The van der Waals surface area contributed by atoms with Crippen molar-refractivity contribution in [2.45, 2.75) is 51.0 Å². The lowest BCUT2D eigenvalue weighted by molar-refractivity contribution is 0.165. The van der Waals surface area contributed by atoms with Crippen LogP contribution in [0.15, 0.2) is 6.20 Å². The summed E-state index contributed by atoms with van der Waals surface area (Å²) in [5.41, 5.74) is 2.78. The molecule has 2 atom stereocenters. The van der Waals surface area contributed by atoms with Crippen LogP contribution in [0.3, 0.4) is 0 Å². The second-order valence-electron chi connectivity index (χ2n) is 9.90. The zero-order valence-corrected chi connectivity index (χ0v) is 18.6. The van der Waals surface area contributed by atoms with Crippen LogP contribution in [0, 0.1) is 11.8 Å². The second kappa shape index (κ2) is 9.90. The van der Waals surface area contributed by atoms with Crippen LogP contribution in [0.1, 0.15) is 55.7 Å². The van der Waals surface area contributed by atoms with E-state index in [0.29, 0.717) is 24.4 Å². The summed E-state index contributed by atoms with van der Waals surface area (Å²) in [5.74, 6) is 1.64. The fourth-order valence-corrected chi connectivity index (χ4v) is 5.83. The summed E-state index contributed by atoms with van der Waals surface area (Å²) in [6.07, 6.45) is 10.2. The van der Waals surface area contributed by atoms with Gasteiger partial charge in [0.1, 0.15) is 0 Å². The third kappa shape index (κ3) is 5.40. The standard InChI is InChI=1S/C23H41N5O/c1-25-9-6-10-27(12-11-25)14-20-15-28(17-22(20)18-29)16-21-13-26(2)24-23(21)19-7-4-3-5-8-19/h13,19-20,22,29H,3-12,14-18H2,1-2H3. The zero-order valence-electron chi connectivity index (χ0n) is 18.6. The van der Waals surface area contributed by atoms with Gasteiger partial charge < -0.3 is 14.9 Å². The second-order valence-corrected chi connectivity index (χ2v) is 9.90. The lowest BCUT2D eigenvalue weighted by atomic mass is 9.85. The fourth-order valence-electron chi connectivity index (χ4n) is 5.83. The first-order chi connectivity index (χ1) is 14.1. The summed E-state index contributed by atoms with van der Waals surface area (Å²) in [5, 5.41) is 14.9. The SMILES string of the molecule is CN1CCCN(CC2CN(Cc3cn(C)nc3C3CCCCC3)CC2CO)CC1. The molecule has 0 radical (unpaired) electrons. The Morgan fingerprint density at radius 1 is 0.931 bits per heavy atom. The Bertz CT molecular complexity index is 641. The van der Waals surface area contributed by atoms with Crippen molar-refractivity contribution in [3.8, 4) is 0 Å². The predicted octanol–water partition coefficient (Wildman–Crippen LogP) is 2.15. The zero-order chi connectivity index (χ0) is 20.2. The molecule has 3 aliphatic rings. The Morgan fingerprint density at radius 3 is 2.52 bits per heavy atom. The number of aromatic nitrogens is 2. The van der Waals surface area contributed by atoms with Gasteiger partial charge in [-0.2, -0.15) is 5.10 Å². The molecule has 164 valence electrons. The molecule has 1 aliphatic carbocycles. The van der Waals surface area contributed by atoms with E-state index in [0.717, 1.165) is 26.2 Å². The molecule has 3 fully saturated rings. The molecule has 1 aromatic heterocycles. The third-order valence-corrected chi connectivity index (χ3v) is 7.51. The molecule has 0 aromatic carbocycles. The van der Waals surface area contributed by atoms with Gasteiger partial charge in [-0.05, 0) is 51.2 Å². The molecule has 3 heterocycles. The first-order valence-electron chi connectivity index (χ1n) is 11.9. The van der Waals surface area contributed by atoms with Gasteiger partial charge in [0.25, 0.3) is 0 Å². The van der Waals surface area contributed by atoms with Gasteiger partial charge in [0, 0.05) is 70.6 Å². The van der Waals surface area contributed by atoms with E-state index in [-0.39, 0.29) is 0 Å². The van der Waals surface area contributed by atoms with Crippen molar-refractivity contribution in [1.29, 1.82) is 0 Å². The number of rotatable bonds is 6. The molecule has 6 heteroatoms. The van der Waals surface area contributed by atoms with Gasteiger partial charge in [-0.15, -0.1) is 0 Å². The summed E-state index contributed by atoms with van der Waals surface area (Å²) >= 11 is 0. The number of hydrogen-bond donors (Lipinski definition) is 1. The van der Waals surface area contributed by atoms with Crippen molar-refractivity contribution in [1.82, 2.24) is 24.5 Å². The fraction of sp³-hybridized carbons (Fsp3) is 0.870. The molecule has 1 saturated carbocycles. The van der Waals surface area contributed by atoms with Crippen LogP contribution < -0.4 is 0 Å². The van der Waals surface area contributed by atoms with Gasteiger partial charge in [0.05, 0.1) is 5.69 Å². The lowest BCUT2D eigenvalue weighted by Gasteiger charge is -2.26. The van der Waals surface area contributed by atoms with Gasteiger partial charge in [-0.25, -0.2) is 0 Å². The molecule has 0 bridgehead atoms. The smallest absolute Gasteiger partial charge is 0.0700 e. The Hall–Kier alpha value is -0.950. The monoisotopic (exact) mass is 403 g/mol. The summed E-state index contributed by atoms with van der Waals surface area (Å²) in [6.45, 7) is 9.32. The third-order valence-electron chi connectivity index (χ3n) is 7.51. The highest BCUT2D eigenvalue weighted by Gasteiger charge is 2.34. The van der Waals surface area contributed by atoms with Crippen LogP contribution in [-0.2, 0) is 13.6 Å². The van der Waals surface area contributed by atoms with E-state index in [4.69, 9.17) is 5.10 Å². The van der Waals surface area contributed by atoms with Gasteiger partial charge in [0.2, 0.25) is 0 Å². The Balaban J connectivity index is 1.37. The number of hydrogen-bond acceptors (Lipinski definition) is 5.